The van der Waals surface area contributed by atoms with E-state index < -0.39 is 85.8 Å². The monoisotopic (exact) mass is 532 g/mol. The number of sulfone groups is 1. The molecule has 2 aromatic rings. The van der Waals surface area contributed by atoms with Crippen molar-refractivity contribution in [1.82, 2.24) is 4.90 Å². The van der Waals surface area contributed by atoms with Crippen LogP contribution in [-0.2, 0) is 20.2 Å². The molecular weight excluding hydrogens is 518 g/mol. The lowest BCUT2D eigenvalue weighted by atomic mass is 9.88. The first-order valence-corrected chi connectivity index (χ1v) is 11.0. The van der Waals surface area contributed by atoms with Crippen LogP contribution in [0, 0.1) is 11.6 Å². The zero-order valence-corrected chi connectivity index (χ0v) is 17.9. The summed E-state index contributed by atoms with van der Waals surface area (Å²) >= 11 is 0. The topological polar surface area (TPSA) is 97.7 Å². The summed E-state index contributed by atoms with van der Waals surface area (Å²) in [5.41, 5.74) is -8.53. The molecule has 35 heavy (non-hydrogen) atoms. The Morgan fingerprint density at radius 2 is 1.51 bits per heavy atom. The molecule has 0 saturated carbocycles. The third-order valence-corrected chi connectivity index (χ3v) is 8.32. The van der Waals surface area contributed by atoms with Gasteiger partial charge in [-0.3, -0.25) is 0 Å². The van der Waals surface area contributed by atoms with Crippen molar-refractivity contribution in [3.05, 3.63) is 65.2 Å². The van der Waals surface area contributed by atoms with Crippen LogP contribution in [0.2, 0.25) is 0 Å². The largest absolute Gasteiger partial charge is 0.530 e. The molecular formula is C20H14F8NO5S-. The number of aliphatic hydroxyl groups is 1. The Balaban J connectivity index is 2.24. The van der Waals surface area contributed by atoms with E-state index in [1.165, 1.54) is 0 Å². The lowest BCUT2D eigenvalue weighted by molar-refractivity contribution is -0.377. The lowest BCUT2D eigenvalue weighted by Gasteiger charge is -2.34. The van der Waals surface area contributed by atoms with Crippen molar-refractivity contribution in [2.45, 2.75) is 34.0 Å². The van der Waals surface area contributed by atoms with Gasteiger partial charge in [0, 0.05) is 18.7 Å². The quantitative estimate of drug-likeness (QED) is 0.483. The molecule has 3 rings (SSSR count). The summed E-state index contributed by atoms with van der Waals surface area (Å²) in [5.74, 6) is -3.07. The molecule has 1 N–H and O–H groups in total. The van der Waals surface area contributed by atoms with E-state index >= 15 is 0 Å². The smallest absolute Gasteiger partial charge is 0.430 e. The molecule has 0 aliphatic carbocycles. The van der Waals surface area contributed by atoms with E-state index in [2.05, 4.69) is 0 Å². The van der Waals surface area contributed by atoms with Gasteiger partial charge in [-0.1, -0.05) is 12.1 Å². The highest BCUT2D eigenvalue weighted by Gasteiger charge is 2.72. The minimum Gasteiger partial charge on any atom is -0.530 e. The molecule has 0 aromatic heterocycles. The number of carbonyl (C=O) groups excluding carboxylic acids is 1. The first kappa shape index (κ1) is 26.7. The van der Waals surface area contributed by atoms with Crippen LogP contribution in [0.15, 0.2) is 47.4 Å². The summed E-state index contributed by atoms with van der Waals surface area (Å²) in [7, 11) is -4.73. The number of hydrogen-bond acceptors (Lipinski definition) is 5. The van der Waals surface area contributed by atoms with Crippen LogP contribution < -0.4 is 5.11 Å². The molecule has 1 unspecified atom stereocenters. The summed E-state index contributed by atoms with van der Waals surface area (Å²) < 4.78 is 132. The number of nitrogens with zero attached hydrogens (tertiary/aromatic N) is 1. The minimum atomic E-state index is -6.40. The Morgan fingerprint density at radius 1 is 0.971 bits per heavy atom. The van der Waals surface area contributed by atoms with Gasteiger partial charge in [0.2, 0.25) is 0 Å². The van der Waals surface area contributed by atoms with E-state index in [1.807, 2.05) is 0 Å². The van der Waals surface area contributed by atoms with Gasteiger partial charge in [-0.15, -0.1) is 0 Å². The van der Waals surface area contributed by atoms with E-state index in [-0.39, 0.29) is 12.1 Å². The molecule has 1 atom stereocenters. The summed E-state index contributed by atoms with van der Waals surface area (Å²) in [4.78, 5) is 11.3. The van der Waals surface area contributed by atoms with Crippen molar-refractivity contribution in [2.75, 3.05) is 13.1 Å². The molecule has 1 heterocycles. The maximum absolute atomic E-state index is 14.8. The van der Waals surface area contributed by atoms with Gasteiger partial charge in [-0.25, -0.2) is 17.2 Å². The normalized spacial score (nSPS) is 19.7. The second-order valence-electron chi connectivity index (χ2n) is 7.79. The van der Waals surface area contributed by atoms with E-state index in [9.17, 15) is 58.5 Å². The number of rotatable bonds is 4. The molecule has 0 spiro atoms. The Bertz CT molecular complexity index is 1230. The highest BCUT2D eigenvalue weighted by atomic mass is 32.2. The maximum atomic E-state index is 14.8. The zero-order chi connectivity index (χ0) is 26.6. The number of halogens is 8. The third-order valence-electron chi connectivity index (χ3n) is 5.83. The average Bonchev–Trinajstić information content (AvgIpc) is 3.19. The number of carbonyl (C=O) groups is 1. The van der Waals surface area contributed by atoms with E-state index in [4.69, 9.17) is 0 Å². The summed E-state index contributed by atoms with van der Waals surface area (Å²) in [6.45, 7) is -1.39. The Hall–Kier alpha value is -2.94. The van der Waals surface area contributed by atoms with Crippen molar-refractivity contribution in [1.29, 1.82) is 0 Å². The van der Waals surface area contributed by atoms with Crippen LogP contribution in [-0.4, -0.2) is 50.0 Å². The van der Waals surface area contributed by atoms with Crippen molar-refractivity contribution < 1.29 is 58.5 Å². The molecule has 192 valence electrons. The predicted molar refractivity (Wildman–Crippen MR) is 99.3 cm³/mol. The van der Waals surface area contributed by atoms with Crippen LogP contribution in [0.4, 0.5) is 39.9 Å². The standard InChI is InChI=1S/C20H15F8NO5S/c21-12-2-4-13(5-3-12)35(33,34)17(7-8-29(10-17)16(30)31)11-1-6-14(15(22)9-11)18(32,19(23,24)25)20(26,27)28/h1-6,9,32H,7-8,10H2,(H,30,31)/p-1. The fourth-order valence-corrected chi connectivity index (χ4v) is 6.01. The van der Waals surface area contributed by atoms with Crippen LogP contribution in [0.5, 0.6) is 0 Å². The van der Waals surface area contributed by atoms with Gasteiger partial charge < -0.3 is 19.9 Å². The minimum absolute atomic E-state index is 0.0603. The molecule has 6 nitrogen and oxygen atoms in total. The third kappa shape index (κ3) is 4.09. The van der Waals surface area contributed by atoms with Gasteiger partial charge in [-0.2, -0.15) is 26.3 Å². The van der Waals surface area contributed by atoms with Gasteiger partial charge in [0.05, 0.1) is 4.90 Å². The molecule has 1 saturated heterocycles. The summed E-state index contributed by atoms with van der Waals surface area (Å²) in [6, 6.07) is 3.56. The second kappa shape index (κ2) is 8.33. The first-order chi connectivity index (χ1) is 15.9. The van der Waals surface area contributed by atoms with Gasteiger partial charge in [-0.05, 0) is 42.3 Å². The van der Waals surface area contributed by atoms with E-state index in [0.717, 1.165) is 24.3 Å². The first-order valence-electron chi connectivity index (χ1n) is 9.51. The molecule has 15 heteroatoms. The SMILES string of the molecule is O=C([O-])N1CCC(c2ccc(C(O)(C(F)(F)F)C(F)(F)F)c(F)c2)(S(=O)(=O)c2ccc(F)cc2)C1. The van der Waals surface area contributed by atoms with Crippen LogP contribution in [0.25, 0.3) is 0 Å². The highest BCUT2D eigenvalue weighted by Crippen LogP contribution is 2.51. The average molecular weight is 532 g/mol. The number of likely N-dealkylation sites (tertiary alicyclic amines) is 1. The van der Waals surface area contributed by atoms with Crippen molar-refractivity contribution in [3.8, 4) is 0 Å². The number of amides is 1. The highest BCUT2D eigenvalue weighted by molar-refractivity contribution is 7.92. The number of alkyl halides is 6. The Labute approximate surface area is 192 Å². The summed E-state index contributed by atoms with van der Waals surface area (Å²) in [6.07, 6.45) is -15.2. The van der Waals surface area contributed by atoms with Crippen molar-refractivity contribution in [3.63, 3.8) is 0 Å². The van der Waals surface area contributed by atoms with E-state index in [1.54, 1.807) is 0 Å². The summed E-state index contributed by atoms with van der Waals surface area (Å²) in [5, 5.41) is 20.8. The molecule has 2 aromatic carbocycles. The molecule has 1 aliphatic heterocycles. The molecule has 1 amide bonds. The second-order valence-corrected chi connectivity index (χ2v) is 10.0. The van der Waals surface area contributed by atoms with Gasteiger partial charge in [0.15, 0.2) is 9.84 Å². The van der Waals surface area contributed by atoms with Crippen LogP contribution >= 0.6 is 0 Å². The Morgan fingerprint density at radius 3 is 1.94 bits per heavy atom. The van der Waals surface area contributed by atoms with Crippen LogP contribution in [0.3, 0.4) is 0 Å². The molecule has 1 fully saturated rings. The number of carboxylic acid groups (broad SMARTS) is 1. The molecule has 1 aliphatic rings. The Kier molecular flexibility index (Phi) is 6.34. The van der Waals surface area contributed by atoms with Crippen molar-refractivity contribution >= 4 is 15.9 Å². The number of hydrogen-bond donors (Lipinski definition) is 1. The lowest BCUT2D eigenvalue weighted by Crippen LogP contribution is -2.54. The van der Waals surface area contributed by atoms with Crippen LogP contribution in [0.1, 0.15) is 17.5 Å². The van der Waals surface area contributed by atoms with Gasteiger partial charge >= 0.3 is 12.4 Å². The van der Waals surface area contributed by atoms with E-state index in [0.29, 0.717) is 11.0 Å². The van der Waals surface area contributed by atoms with Crippen molar-refractivity contribution in [2.24, 2.45) is 0 Å². The van der Waals surface area contributed by atoms with Gasteiger partial charge in [0.25, 0.3) is 5.60 Å². The zero-order valence-electron chi connectivity index (χ0n) is 17.1. The maximum Gasteiger partial charge on any atom is 0.430 e. The molecule has 0 radical (unpaired) electrons. The predicted octanol–water partition coefficient (Wildman–Crippen LogP) is 3.00. The number of benzene rings is 2. The molecule has 0 bridgehead atoms. The van der Waals surface area contributed by atoms with Gasteiger partial charge in [0.1, 0.15) is 22.5 Å². The fraction of sp³-hybridized carbons (Fsp3) is 0.350. The fourth-order valence-electron chi connectivity index (χ4n) is 3.95.